The molecular weight excluding hydrogens is 397 g/mol. The zero-order chi connectivity index (χ0) is 22.1. The Balaban J connectivity index is 1.93. The van der Waals surface area contributed by atoms with Crippen molar-refractivity contribution in [1.29, 1.82) is 5.26 Å². The van der Waals surface area contributed by atoms with Gasteiger partial charge in [-0.15, -0.1) is 0 Å². The predicted octanol–water partition coefficient (Wildman–Crippen LogP) is 3.57. The molecule has 3 aromatic rings. The van der Waals surface area contributed by atoms with E-state index < -0.39 is 11.7 Å². The summed E-state index contributed by atoms with van der Waals surface area (Å²) in [6.45, 7) is 2.05. The molecule has 6 nitrogen and oxygen atoms in total. The van der Waals surface area contributed by atoms with Gasteiger partial charge in [-0.3, -0.25) is 4.79 Å². The Bertz CT molecular complexity index is 1300. The number of hydrogen-bond acceptors (Lipinski definition) is 5. The summed E-state index contributed by atoms with van der Waals surface area (Å²) in [4.78, 5) is 13.7. The molecule has 2 aromatic carbocycles. The van der Waals surface area contributed by atoms with Crippen LogP contribution in [0.4, 0.5) is 4.39 Å². The molecule has 7 heteroatoms. The molecule has 2 heterocycles. The van der Waals surface area contributed by atoms with E-state index in [1.54, 1.807) is 30.7 Å². The van der Waals surface area contributed by atoms with Crippen molar-refractivity contribution in [1.82, 2.24) is 4.57 Å². The molecule has 1 aliphatic rings. The van der Waals surface area contributed by atoms with Gasteiger partial charge < -0.3 is 19.8 Å². The van der Waals surface area contributed by atoms with E-state index in [4.69, 9.17) is 15.2 Å². The van der Waals surface area contributed by atoms with Crippen molar-refractivity contribution in [2.24, 2.45) is 5.73 Å². The van der Waals surface area contributed by atoms with Crippen molar-refractivity contribution in [3.8, 4) is 17.6 Å². The van der Waals surface area contributed by atoms with E-state index in [1.165, 1.54) is 18.2 Å². The number of hydrogen-bond donors (Lipinski definition) is 1. The molecule has 0 fully saturated rings. The molecule has 2 N–H and O–H groups in total. The fraction of sp³-hybridized carbons (Fsp3) is 0.167. The third-order valence-electron chi connectivity index (χ3n) is 5.39. The summed E-state index contributed by atoms with van der Waals surface area (Å²) in [7, 11) is 1.57. The predicted molar refractivity (Wildman–Crippen MR) is 113 cm³/mol. The average Bonchev–Trinajstić information content (AvgIpc) is 2.76. The molecule has 0 saturated heterocycles. The normalized spacial score (nSPS) is 15.1. The number of benzene rings is 2. The molecule has 0 unspecified atom stereocenters. The van der Waals surface area contributed by atoms with Crippen LogP contribution in [0.3, 0.4) is 0 Å². The van der Waals surface area contributed by atoms with E-state index in [1.807, 2.05) is 30.3 Å². The van der Waals surface area contributed by atoms with Crippen LogP contribution in [0.2, 0.25) is 0 Å². The molecule has 0 radical (unpaired) electrons. The number of allylic oxidation sites excluding steroid dienone is 1. The maximum atomic E-state index is 14.0. The Morgan fingerprint density at radius 3 is 2.71 bits per heavy atom. The highest BCUT2D eigenvalue weighted by atomic mass is 19.1. The quantitative estimate of drug-likeness (QED) is 0.701. The lowest BCUT2D eigenvalue weighted by Gasteiger charge is -2.27. The highest BCUT2D eigenvalue weighted by Crippen LogP contribution is 2.40. The van der Waals surface area contributed by atoms with Gasteiger partial charge in [-0.25, -0.2) is 4.39 Å². The molecule has 0 saturated carbocycles. The number of aryl methyl sites for hydroxylation is 1. The van der Waals surface area contributed by atoms with E-state index in [0.29, 0.717) is 17.0 Å². The maximum absolute atomic E-state index is 14.0. The number of nitriles is 1. The van der Waals surface area contributed by atoms with Crippen molar-refractivity contribution in [3.05, 3.63) is 105 Å². The first-order valence-corrected chi connectivity index (χ1v) is 9.64. The first-order valence-electron chi connectivity index (χ1n) is 9.64. The lowest BCUT2D eigenvalue weighted by molar-refractivity contribution is 0.388. The average molecular weight is 417 g/mol. The summed E-state index contributed by atoms with van der Waals surface area (Å²) in [5.74, 6) is -0.467. The molecule has 156 valence electrons. The van der Waals surface area contributed by atoms with Crippen molar-refractivity contribution < 1.29 is 13.9 Å². The Labute approximate surface area is 178 Å². The van der Waals surface area contributed by atoms with Crippen LogP contribution in [0.5, 0.6) is 11.5 Å². The van der Waals surface area contributed by atoms with Gasteiger partial charge in [0.15, 0.2) is 0 Å². The van der Waals surface area contributed by atoms with Crippen LogP contribution in [0.15, 0.2) is 70.8 Å². The smallest absolute Gasteiger partial charge is 0.259 e. The van der Waals surface area contributed by atoms with Crippen LogP contribution in [0, 0.1) is 24.1 Å². The first-order chi connectivity index (χ1) is 14.9. The van der Waals surface area contributed by atoms with Gasteiger partial charge in [0.25, 0.3) is 5.56 Å². The zero-order valence-corrected chi connectivity index (χ0v) is 17.1. The van der Waals surface area contributed by atoms with Gasteiger partial charge >= 0.3 is 0 Å². The number of nitrogens with two attached hydrogens (primary N) is 1. The second-order valence-electron chi connectivity index (χ2n) is 7.25. The number of methoxy groups -OCH3 is 1. The molecule has 1 aromatic heterocycles. The summed E-state index contributed by atoms with van der Waals surface area (Å²) in [6.07, 6.45) is 0. The molecule has 0 spiro atoms. The minimum atomic E-state index is -0.832. The van der Waals surface area contributed by atoms with E-state index in [9.17, 15) is 14.4 Å². The van der Waals surface area contributed by atoms with Crippen molar-refractivity contribution >= 4 is 0 Å². The van der Waals surface area contributed by atoms with Crippen molar-refractivity contribution in [2.45, 2.75) is 19.4 Å². The Morgan fingerprint density at radius 2 is 2.00 bits per heavy atom. The molecule has 0 amide bonds. The lowest BCUT2D eigenvalue weighted by atomic mass is 9.84. The number of para-hydroxylation sites is 1. The number of ether oxygens (including phenoxy) is 2. The van der Waals surface area contributed by atoms with Gasteiger partial charge in [-0.05, 0) is 30.7 Å². The highest BCUT2D eigenvalue weighted by Gasteiger charge is 2.34. The molecule has 0 aliphatic carbocycles. The van der Waals surface area contributed by atoms with Crippen LogP contribution >= 0.6 is 0 Å². The van der Waals surface area contributed by atoms with E-state index in [0.717, 1.165) is 5.56 Å². The number of fused-ring (bicyclic) bond motifs is 1. The third kappa shape index (κ3) is 3.53. The molecule has 4 rings (SSSR count). The van der Waals surface area contributed by atoms with E-state index in [-0.39, 0.29) is 34.9 Å². The zero-order valence-electron chi connectivity index (χ0n) is 17.1. The number of pyridine rings is 1. The number of aromatic nitrogens is 1. The fourth-order valence-electron chi connectivity index (χ4n) is 3.91. The maximum Gasteiger partial charge on any atom is 0.259 e. The fourth-order valence-corrected chi connectivity index (χ4v) is 3.91. The Hall–Kier alpha value is -4.05. The molecule has 1 atom stereocenters. The minimum absolute atomic E-state index is 0.0721. The third-order valence-corrected chi connectivity index (χ3v) is 5.39. The van der Waals surface area contributed by atoms with Gasteiger partial charge in [-0.1, -0.05) is 30.3 Å². The molecular formula is C24H20FN3O3. The second-order valence-corrected chi connectivity index (χ2v) is 7.25. The molecule has 31 heavy (non-hydrogen) atoms. The first kappa shape index (κ1) is 20.2. The minimum Gasteiger partial charge on any atom is -0.496 e. The lowest BCUT2D eigenvalue weighted by Crippen LogP contribution is -2.33. The van der Waals surface area contributed by atoms with Crippen molar-refractivity contribution in [2.75, 3.05) is 7.11 Å². The standard InChI is InChI=1S/C24H20FN3O3/c1-14-10-20-22(24(29)28(14)13-16-6-3-4-9-19(16)30-2)21(18(12-26)23(27)31-20)15-7-5-8-17(25)11-15/h3-11,21H,13,27H2,1-2H3/t21-/m0/s1. The van der Waals surface area contributed by atoms with Gasteiger partial charge in [0.2, 0.25) is 5.88 Å². The Morgan fingerprint density at radius 1 is 1.23 bits per heavy atom. The number of nitrogens with zero attached hydrogens (tertiary/aromatic N) is 2. The monoisotopic (exact) mass is 417 g/mol. The number of halogens is 1. The van der Waals surface area contributed by atoms with Crippen LogP contribution < -0.4 is 20.8 Å². The summed E-state index contributed by atoms with van der Waals surface area (Å²) >= 11 is 0. The molecule has 0 bridgehead atoms. The summed E-state index contributed by atoms with van der Waals surface area (Å²) in [5, 5.41) is 9.72. The highest BCUT2D eigenvalue weighted by molar-refractivity contribution is 5.55. The van der Waals surface area contributed by atoms with Gasteiger partial charge in [0.1, 0.15) is 29.0 Å². The van der Waals surface area contributed by atoms with Crippen LogP contribution in [0.25, 0.3) is 0 Å². The largest absolute Gasteiger partial charge is 0.496 e. The van der Waals surface area contributed by atoms with Gasteiger partial charge in [0.05, 0.1) is 25.1 Å². The summed E-state index contributed by atoms with van der Waals surface area (Å²) in [6, 6.07) is 17.0. The molecule has 1 aliphatic heterocycles. The van der Waals surface area contributed by atoms with Crippen molar-refractivity contribution in [3.63, 3.8) is 0 Å². The van der Waals surface area contributed by atoms with E-state index >= 15 is 0 Å². The van der Waals surface area contributed by atoms with Crippen LogP contribution in [-0.4, -0.2) is 11.7 Å². The Kier molecular flexibility index (Phi) is 5.22. The summed E-state index contributed by atoms with van der Waals surface area (Å²) in [5.41, 5.74) is 7.90. The van der Waals surface area contributed by atoms with Gasteiger partial charge in [0, 0.05) is 17.3 Å². The summed E-state index contributed by atoms with van der Waals surface area (Å²) < 4.78 is 26.6. The van der Waals surface area contributed by atoms with Gasteiger partial charge in [-0.2, -0.15) is 5.26 Å². The van der Waals surface area contributed by atoms with E-state index in [2.05, 4.69) is 0 Å². The second kappa shape index (κ2) is 8.00. The SMILES string of the molecule is COc1ccccc1Cn1c(C)cc2c(c1=O)[C@@H](c1cccc(F)c1)C(C#N)=C(N)O2. The topological polar surface area (TPSA) is 90.3 Å². The van der Waals surface area contributed by atoms with Crippen LogP contribution in [-0.2, 0) is 6.54 Å². The van der Waals surface area contributed by atoms with Crippen LogP contribution in [0.1, 0.15) is 28.3 Å². The number of rotatable bonds is 4.